The zero-order valence-corrected chi connectivity index (χ0v) is 14.1. The normalized spacial score (nSPS) is 12.7. The molecule has 0 fully saturated rings. The second kappa shape index (κ2) is 6.76. The van der Waals surface area contributed by atoms with Crippen LogP contribution in [0.3, 0.4) is 0 Å². The monoisotopic (exact) mass is 384 g/mol. The summed E-state index contributed by atoms with van der Waals surface area (Å²) in [4.78, 5) is 0. The maximum atomic E-state index is 6.59. The van der Waals surface area contributed by atoms with Crippen molar-refractivity contribution < 1.29 is 0 Å². The van der Waals surface area contributed by atoms with Crippen LogP contribution in [0.4, 0.5) is 0 Å². The molecule has 0 saturated heterocycles. The van der Waals surface area contributed by atoms with Gasteiger partial charge in [-0.15, -0.1) is 11.6 Å². The number of halogens is 2. The Morgan fingerprint density at radius 2 is 1.63 bits per heavy atom. The highest BCUT2D eigenvalue weighted by Gasteiger charge is 2.13. The minimum atomic E-state index is -0.0683. The van der Waals surface area contributed by atoms with Crippen molar-refractivity contribution in [1.29, 1.82) is 0 Å². The van der Waals surface area contributed by atoms with Gasteiger partial charge in [0, 0.05) is 3.57 Å². The molecule has 2 aromatic rings. The van der Waals surface area contributed by atoms with E-state index >= 15 is 0 Å². The van der Waals surface area contributed by atoms with Crippen LogP contribution >= 0.6 is 34.2 Å². The van der Waals surface area contributed by atoms with Crippen molar-refractivity contribution in [1.82, 2.24) is 0 Å². The molecule has 2 aromatic carbocycles. The molecule has 0 aliphatic heterocycles. The summed E-state index contributed by atoms with van der Waals surface area (Å²) in [6, 6.07) is 17.0. The van der Waals surface area contributed by atoms with Crippen LogP contribution < -0.4 is 0 Å². The van der Waals surface area contributed by atoms with Gasteiger partial charge in [-0.1, -0.05) is 56.3 Å². The molecular formula is C17H18ClI. The molecule has 0 heterocycles. The minimum Gasteiger partial charge on any atom is -0.113 e. The van der Waals surface area contributed by atoms with Crippen LogP contribution in [0.25, 0.3) is 0 Å². The summed E-state index contributed by atoms with van der Waals surface area (Å²) in [5.41, 5.74) is 3.73. The fraction of sp³-hybridized carbons (Fsp3) is 0.294. The Bertz CT molecular complexity index is 531. The summed E-state index contributed by atoms with van der Waals surface area (Å²) in [6.07, 6.45) is 1.12. The van der Waals surface area contributed by atoms with Gasteiger partial charge in [0.25, 0.3) is 0 Å². The van der Waals surface area contributed by atoms with E-state index in [2.05, 4.69) is 72.8 Å². The quantitative estimate of drug-likeness (QED) is 0.460. The molecular weight excluding hydrogens is 367 g/mol. The Balaban J connectivity index is 2.20. The van der Waals surface area contributed by atoms with Gasteiger partial charge in [-0.3, -0.25) is 0 Å². The summed E-state index contributed by atoms with van der Waals surface area (Å²) in [5, 5.41) is -0.0683. The lowest BCUT2D eigenvalue weighted by atomic mass is 9.99. The van der Waals surface area contributed by atoms with E-state index in [1.807, 2.05) is 12.1 Å². The van der Waals surface area contributed by atoms with E-state index in [9.17, 15) is 0 Å². The van der Waals surface area contributed by atoms with E-state index in [4.69, 9.17) is 11.6 Å². The minimum absolute atomic E-state index is 0.0683. The van der Waals surface area contributed by atoms with Crippen LogP contribution in [0.5, 0.6) is 0 Å². The molecule has 0 aliphatic carbocycles. The number of hydrogen-bond acceptors (Lipinski definition) is 0. The Morgan fingerprint density at radius 1 is 1.00 bits per heavy atom. The van der Waals surface area contributed by atoms with Crippen LogP contribution in [0.2, 0.25) is 0 Å². The third-order valence-electron chi connectivity index (χ3n) is 3.09. The van der Waals surface area contributed by atoms with Gasteiger partial charge in [-0.05, 0) is 57.7 Å². The first-order chi connectivity index (χ1) is 9.08. The first kappa shape index (κ1) is 14.9. The second-order valence-corrected chi connectivity index (χ2v) is 6.82. The van der Waals surface area contributed by atoms with E-state index < -0.39 is 0 Å². The van der Waals surface area contributed by atoms with Gasteiger partial charge in [0.2, 0.25) is 0 Å². The van der Waals surface area contributed by atoms with E-state index in [1.54, 1.807) is 0 Å². The average Bonchev–Trinajstić information content (AvgIpc) is 2.39. The number of benzene rings is 2. The van der Waals surface area contributed by atoms with Crippen molar-refractivity contribution >= 4 is 34.2 Å². The van der Waals surface area contributed by atoms with Gasteiger partial charge in [0.15, 0.2) is 0 Å². The lowest BCUT2D eigenvalue weighted by molar-refractivity contribution is 0.647. The Morgan fingerprint density at radius 3 is 2.21 bits per heavy atom. The number of alkyl halides is 1. The van der Waals surface area contributed by atoms with Crippen LogP contribution in [-0.4, -0.2) is 0 Å². The zero-order valence-electron chi connectivity index (χ0n) is 11.2. The molecule has 0 N–H and O–H groups in total. The standard InChI is InChI=1S/C17H18ClI/c1-12(2)11-13-7-9-14(10-8-13)17(18)15-5-3-4-6-16(15)19/h3-10,12,17H,11H2,1-2H3. The van der Waals surface area contributed by atoms with Crippen molar-refractivity contribution in [2.24, 2.45) is 5.92 Å². The molecule has 0 aromatic heterocycles. The molecule has 2 heteroatoms. The Kier molecular flexibility index (Phi) is 5.28. The third kappa shape index (κ3) is 3.96. The highest BCUT2D eigenvalue weighted by Crippen LogP contribution is 2.31. The fourth-order valence-electron chi connectivity index (χ4n) is 2.15. The van der Waals surface area contributed by atoms with Crippen molar-refractivity contribution in [3.05, 3.63) is 68.8 Å². The van der Waals surface area contributed by atoms with E-state index in [0.717, 1.165) is 6.42 Å². The van der Waals surface area contributed by atoms with Crippen molar-refractivity contribution in [3.63, 3.8) is 0 Å². The molecule has 0 bridgehead atoms. The lowest BCUT2D eigenvalue weighted by Crippen LogP contribution is -1.98. The van der Waals surface area contributed by atoms with E-state index in [0.29, 0.717) is 5.92 Å². The average molecular weight is 385 g/mol. The summed E-state index contributed by atoms with van der Waals surface area (Å²) < 4.78 is 1.21. The molecule has 0 saturated carbocycles. The van der Waals surface area contributed by atoms with Gasteiger partial charge in [-0.25, -0.2) is 0 Å². The van der Waals surface area contributed by atoms with Gasteiger partial charge in [0.1, 0.15) is 0 Å². The molecule has 0 amide bonds. The van der Waals surface area contributed by atoms with Crippen LogP contribution in [0.15, 0.2) is 48.5 Å². The van der Waals surface area contributed by atoms with Crippen molar-refractivity contribution in [2.45, 2.75) is 25.6 Å². The van der Waals surface area contributed by atoms with Gasteiger partial charge >= 0.3 is 0 Å². The molecule has 1 unspecified atom stereocenters. The van der Waals surface area contributed by atoms with Gasteiger partial charge < -0.3 is 0 Å². The van der Waals surface area contributed by atoms with Crippen molar-refractivity contribution in [3.8, 4) is 0 Å². The van der Waals surface area contributed by atoms with Gasteiger partial charge in [0.05, 0.1) is 5.38 Å². The molecule has 0 aliphatic rings. The molecule has 19 heavy (non-hydrogen) atoms. The highest BCUT2D eigenvalue weighted by molar-refractivity contribution is 14.1. The largest absolute Gasteiger partial charge is 0.113 e. The predicted octanol–water partition coefficient (Wildman–Crippen LogP) is 5.82. The molecule has 1 atom stereocenters. The van der Waals surface area contributed by atoms with E-state index in [1.165, 1.54) is 20.3 Å². The van der Waals surface area contributed by atoms with Crippen molar-refractivity contribution in [2.75, 3.05) is 0 Å². The fourth-order valence-corrected chi connectivity index (χ4v) is 3.37. The predicted molar refractivity (Wildman–Crippen MR) is 91.8 cm³/mol. The number of hydrogen-bond donors (Lipinski definition) is 0. The zero-order chi connectivity index (χ0) is 13.8. The molecule has 100 valence electrons. The summed E-state index contributed by atoms with van der Waals surface area (Å²) >= 11 is 8.93. The highest BCUT2D eigenvalue weighted by atomic mass is 127. The maximum Gasteiger partial charge on any atom is 0.0845 e. The molecule has 2 rings (SSSR count). The third-order valence-corrected chi connectivity index (χ3v) is 4.56. The molecule has 0 nitrogen and oxygen atoms in total. The molecule has 0 spiro atoms. The van der Waals surface area contributed by atoms with Crippen LogP contribution in [0, 0.1) is 9.49 Å². The number of rotatable bonds is 4. The maximum absolute atomic E-state index is 6.59. The molecule has 0 radical (unpaired) electrons. The first-order valence-corrected chi connectivity index (χ1v) is 8.06. The smallest absolute Gasteiger partial charge is 0.0845 e. The topological polar surface area (TPSA) is 0 Å². The van der Waals surface area contributed by atoms with Gasteiger partial charge in [-0.2, -0.15) is 0 Å². The van der Waals surface area contributed by atoms with Crippen LogP contribution in [-0.2, 0) is 6.42 Å². The summed E-state index contributed by atoms with van der Waals surface area (Å²) in [5.74, 6) is 0.688. The Hall–Kier alpha value is -0.540. The summed E-state index contributed by atoms with van der Waals surface area (Å²) in [7, 11) is 0. The summed E-state index contributed by atoms with van der Waals surface area (Å²) in [6.45, 7) is 4.48. The first-order valence-electron chi connectivity index (χ1n) is 6.55. The lowest BCUT2D eigenvalue weighted by Gasteiger charge is -2.13. The SMILES string of the molecule is CC(C)Cc1ccc(C(Cl)c2ccccc2I)cc1. The Labute approximate surface area is 134 Å². The second-order valence-electron chi connectivity index (χ2n) is 5.22. The van der Waals surface area contributed by atoms with Crippen LogP contribution in [0.1, 0.15) is 35.9 Å². The van der Waals surface area contributed by atoms with E-state index in [-0.39, 0.29) is 5.38 Å².